The Hall–Kier alpha value is -6.32. The fraction of sp³-hybridized carbons (Fsp3) is 0. The Morgan fingerprint density at radius 1 is 0.362 bits per heavy atom. The quantitative estimate of drug-likeness (QED) is 0.201. The Bertz CT molecular complexity index is 2810. The van der Waals surface area contributed by atoms with Crippen LogP contribution in [0.25, 0.3) is 76.5 Å². The lowest BCUT2D eigenvalue weighted by atomic mass is 9.95. The molecule has 0 N–H and O–H groups in total. The minimum absolute atomic E-state index is 0.874. The summed E-state index contributed by atoms with van der Waals surface area (Å²) in [5.74, 6) is 0. The Balaban J connectivity index is 1.20. The summed E-state index contributed by atoms with van der Waals surface area (Å²) in [5, 5.41) is 9.22. The minimum atomic E-state index is 0.874. The van der Waals surface area contributed by atoms with Gasteiger partial charge in [-0.2, -0.15) is 0 Å². The first-order valence-electron chi connectivity index (χ1n) is 15.9. The van der Waals surface area contributed by atoms with Gasteiger partial charge in [-0.25, -0.2) is 0 Å². The zero-order valence-electron chi connectivity index (χ0n) is 25.4. The van der Waals surface area contributed by atoms with Gasteiger partial charge in [0.2, 0.25) is 0 Å². The van der Waals surface area contributed by atoms with Crippen molar-refractivity contribution in [1.29, 1.82) is 0 Å². The van der Waals surface area contributed by atoms with Crippen molar-refractivity contribution in [2.24, 2.45) is 0 Å². The highest BCUT2D eigenvalue weighted by Gasteiger charge is 2.22. The maximum absolute atomic E-state index is 6.33. The van der Waals surface area contributed by atoms with E-state index in [4.69, 9.17) is 8.83 Å². The van der Waals surface area contributed by atoms with E-state index in [1.165, 1.54) is 27.1 Å². The van der Waals surface area contributed by atoms with Gasteiger partial charge in [-0.05, 0) is 87.9 Å². The predicted octanol–water partition coefficient (Wildman–Crippen LogP) is 12.9. The van der Waals surface area contributed by atoms with Crippen molar-refractivity contribution in [3.05, 3.63) is 164 Å². The van der Waals surface area contributed by atoms with E-state index in [-0.39, 0.29) is 0 Å². The van der Waals surface area contributed by atoms with Gasteiger partial charge in [0.25, 0.3) is 0 Å². The number of hydrogen-bond acceptors (Lipinski definition) is 3. The normalized spacial score (nSPS) is 11.8. The molecule has 0 unspecified atom stereocenters. The molecule has 2 aromatic heterocycles. The zero-order valence-corrected chi connectivity index (χ0v) is 25.4. The zero-order chi connectivity index (χ0) is 30.9. The van der Waals surface area contributed by atoms with Crippen LogP contribution in [0.3, 0.4) is 0 Å². The van der Waals surface area contributed by atoms with Gasteiger partial charge in [-0.15, -0.1) is 0 Å². The SMILES string of the molecule is c1ccc(N(c2ccc(-c3ccc4oc5cc6ccccc6cc5c4c3)c3ccccc23)c2cccc3oc4ccccc4c23)cc1. The lowest BCUT2D eigenvalue weighted by molar-refractivity contribution is 0.669. The number of hydrogen-bond donors (Lipinski definition) is 0. The second-order valence-corrected chi connectivity index (χ2v) is 12.1. The summed E-state index contributed by atoms with van der Waals surface area (Å²) in [6.07, 6.45) is 0. The molecule has 0 amide bonds. The Morgan fingerprint density at radius 3 is 1.89 bits per heavy atom. The summed E-state index contributed by atoms with van der Waals surface area (Å²) >= 11 is 0. The number of furan rings is 2. The molecule has 10 rings (SSSR count). The molecule has 2 heterocycles. The molecule has 3 nitrogen and oxygen atoms in total. The van der Waals surface area contributed by atoms with Gasteiger partial charge in [0, 0.05) is 27.2 Å². The molecule has 8 aromatic carbocycles. The molecule has 10 aromatic rings. The molecular formula is C44H27NO2. The van der Waals surface area contributed by atoms with Crippen LogP contribution in [0.4, 0.5) is 17.1 Å². The van der Waals surface area contributed by atoms with Gasteiger partial charge in [0.15, 0.2) is 0 Å². The van der Waals surface area contributed by atoms with Crippen LogP contribution in [-0.2, 0) is 0 Å². The summed E-state index contributed by atoms with van der Waals surface area (Å²) in [6.45, 7) is 0. The molecule has 0 radical (unpaired) electrons. The second kappa shape index (κ2) is 10.1. The van der Waals surface area contributed by atoms with Crippen molar-refractivity contribution in [2.75, 3.05) is 4.90 Å². The van der Waals surface area contributed by atoms with Crippen molar-refractivity contribution in [2.45, 2.75) is 0 Å². The average Bonchev–Trinajstić information content (AvgIpc) is 3.69. The Morgan fingerprint density at radius 2 is 1.02 bits per heavy atom. The minimum Gasteiger partial charge on any atom is -0.456 e. The highest BCUT2D eigenvalue weighted by atomic mass is 16.3. The van der Waals surface area contributed by atoms with E-state index in [1.54, 1.807) is 0 Å². The van der Waals surface area contributed by atoms with Crippen LogP contribution in [0, 0.1) is 0 Å². The van der Waals surface area contributed by atoms with Crippen LogP contribution in [0.15, 0.2) is 173 Å². The molecule has 3 heteroatoms. The third-order valence-corrected chi connectivity index (χ3v) is 9.43. The van der Waals surface area contributed by atoms with Gasteiger partial charge in [0.05, 0.1) is 16.8 Å². The maximum Gasteiger partial charge on any atom is 0.137 e. The van der Waals surface area contributed by atoms with Crippen LogP contribution in [0.5, 0.6) is 0 Å². The number of para-hydroxylation sites is 2. The van der Waals surface area contributed by atoms with Gasteiger partial charge < -0.3 is 13.7 Å². The molecule has 0 aliphatic carbocycles. The van der Waals surface area contributed by atoms with Crippen molar-refractivity contribution in [1.82, 2.24) is 0 Å². The molecule has 0 saturated heterocycles. The fourth-order valence-corrected chi connectivity index (χ4v) is 7.29. The van der Waals surface area contributed by atoms with Crippen LogP contribution < -0.4 is 4.90 Å². The van der Waals surface area contributed by atoms with Crippen LogP contribution in [-0.4, -0.2) is 0 Å². The maximum atomic E-state index is 6.33. The number of rotatable bonds is 4. The number of benzene rings is 8. The third-order valence-electron chi connectivity index (χ3n) is 9.43. The molecule has 47 heavy (non-hydrogen) atoms. The molecule has 0 fully saturated rings. The first-order chi connectivity index (χ1) is 23.3. The first kappa shape index (κ1) is 26.0. The van der Waals surface area contributed by atoms with Crippen molar-refractivity contribution >= 4 is 82.5 Å². The number of anilines is 3. The number of nitrogens with zero attached hydrogens (tertiary/aromatic N) is 1. The molecule has 0 atom stereocenters. The van der Waals surface area contributed by atoms with E-state index in [0.717, 1.165) is 66.5 Å². The second-order valence-electron chi connectivity index (χ2n) is 12.1. The van der Waals surface area contributed by atoms with Gasteiger partial charge in [0.1, 0.15) is 22.3 Å². The Kier molecular flexibility index (Phi) is 5.57. The first-order valence-corrected chi connectivity index (χ1v) is 15.9. The predicted molar refractivity (Wildman–Crippen MR) is 196 cm³/mol. The fourth-order valence-electron chi connectivity index (χ4n) is 7.29. The Labute approximate surface area is 270 Å². The van der Waals surface area contributed by atoms with Gasteiger partial charge >= 0.3 is 0 Å². The summed E-state index contributed by atoms with van der Waals surface area (Å²) in [4.78, 5) is 2.37. The highest BCUT2D eigenvalue weighted by molar-refractivity contribution is 6.16. The monoisotopic (exact) mass is 601 g/mol. The van der Waals surface area contributed by atoms with Crippen LogP contribution in [0.1, 0.15) is 0 Å². The van der Waals surface area contributed by atoms with Crippen molar-refractivity contribution in [3.8, 4) is 11.1 Å². The highest BCUT2D eigenvalue weighted by Crippen LogP contribution is 2.46. The van der Waals surface area contributed by atoms with E-state index < -0.39 is 0 Å². The standard InChI is InChI=1S/C44H27NO2/c1-2-13-31(14-3-1)45(39-18-10-20-42-44(39)35-17-8-9-19-40(35)46-42)38-23-22-32(33-15-6-7-16-34(33)38)30-21-24-41-36(26-30)37-25-28-11-4-5-12-29(28)27-43(37)47-41/h1-27H. The van der Waals surface area contributed by atoms with Gasteiger partial charge in [-0.1, -0.05) is 103 Å². The molecule has 0 aliphatic heterocycles. The summed E-state index contributed by atoms with van der Waals surface area (Å²) < 4.78 is 12.7. The molecule has 0 bridgehead atoms. The number of fused-ring (bicyclic) bond motifs is 8. The van der Waals surface area contributed by atoms with Crippen molar-refractivity contribution < 1.29 is 8.83 Å². The molecular weight excluding hydrogens is 574 g/mol. The van der Waals surface area contributed by atoms with E-state index in [2.05, 4.69) is 157 Å². The average molecular weight is 602 g/mol. The molecule has 0 saturated carbocycles. The van der Waals surface area contributed by atoms with E-state index in [0.29, 0.717) is 0 Å². The van der Waals surface area contributed by atoms with E-state index >= 15 is 0 Å². The van der Waals surface area contributed by atoms with Crippen molar-refractivity contribution in [3.63, 3.8) is 0 Å². The third kappa shape index (κ3) is 4.00. The smallest absolute Gasteiger partial charge is 0.137 e. The molecule has 0 spiro atoms. The van der Waals surface area contributed by atoms with Gasteiger partial charge in [-0.3, -0.25) is 0 Å². The summed E-state index contributed by atoms with van der Waals surface area (Å²) in [5.41, 5.74) is 9.18. The molecule has 0 aliphatic rings. The van der Waals surface area contributed by atoms with E-state index in [9.17, 15) is 0 Å². The van der Waals surface area contributed by atoms with Crippen LogP contribution in [0.2, 0.25) is 0 Å². The lowest BCUT2D eigenvalue weighted by Crippen LogP contribution is -2.11. The summed E-state index contributed by atoms with van der Waals surface area (Å²) in [6, 6.07) is 57.9. The summed E-state index contributed by atoms with van der Waals surface area (Å²) in [7, 11) is 0. The van der Waals surface area contributed by atoms with Crippen LogP contribution >= 0.6 is 0 Å². The van der Waals surface area contributed by atoms with E-state index in [1.807, 2.05) is 12.1 Å². The largest absolute Gasteiger partial charge is 0.456 e. The lowest BCUT2D eigenvalue weighted by Gasteiger charge is -2.28. The topological polar surface area (TPSA) is 29.5 Å². The molecule has 220 valence electrons.